The van der Waals surface area contributed by atoms with Crippen molar-refractivity contribution in [3.63, 3.8) is 0 Å². The summed E-state index contributed by atoms with van der Waals surface area (Å²) in [6.45, 7) is 5.23. The molecule has 110 valence electrons. The predicted octanol–water partition coefficient (Wildman–Crippen LogP) is 1.65. The lowest BCUT2D eigenvalue weighted by atomic mass is 10.1. The van der Waals surface area contributed by atoms with Crippen molar-refractivity contribution in [2.75, 3.05) is 30.7 Å². The molecule has 6 heteroatoms. The summed E-state index contributed by atoms with van der Waals surface area (Å²) < 4.78 is 0. The molecular weight excluding hydrogens is 256 g/mol. The summed E-state index contributed by atoms with van der Waals surface area (Å²) in [6.07, 6.45) is 3.82. The number of nitrogens with one attached hydrogen (secondary N) is 1. The van der Waals surface area contributed by atoms with E-state index in [4.69, 9.17) is 10.8 Å². The number of carbonyl (C=O) groups is 1. The molecule has 0 spiro atoms. The molecule has 20 heavy (non-hydrogen) atoms. The number of nitrogens with zero attached hydrogens (tertiary/aromatic N) is 2. The summed E-state index contributed by atoms with van der Waals surface area (Å²) >= 11 is 0. The standard InChI is InChI=1S/C14H22N4O2/c1-10(9-18-7-3-2-4-8-18)16-13-11(15)5-6-12(17-13)14(19)20/h5-6,10H,2-4,7-9,15H2,1H3,(H,16,17)(H,19,20). The van der Waals surface area contributed by atoms with Gasteiger partial charge in [-0.25, -0.2) is 9.78 Å². The van der Waals surface area contributed by atoms with Gasteiger partial charge in [-0.2, -0.15) is 0 Å². The van der Waals surface area contributed by atoms with Crippen LogP contribution in [0.15, 0.2) is 12.1 Å². The van der Waals surface area contributed by atoms with E-state index in [9.17, 15) is 4.79 Å². The number of rotatable bonds is 5. The number of carboxylic acids is 1. The van der Waals surface area contributed by atoms with Gasteiger partial charge in [0.1, 0.15) is 5.82 Å². The molecule has 1 aromatic heterocycles. The number of hydrogen-bond acceptors (Lipinski definition) is 5. The van der Waals surface area contributed by atoms with E-state index in [2.05, 4.69) is 22.1 Å². The Morgan fingerprint density at radius 2 is 2.15 bits per heavy atom. The Balaban J connectivity index is 1.97. The molecule has 1 atom stereocenters. The van der Waals surface area contributed by atoms with Crippen LogP contribution in [0, 0.1) is 0 Å². The summed E-state index contributed by atoms with van der Waals surface area (Å²) in [7, 11) is 0. The van der Waals surface area contributed by atoms with Gasteiger partial charge in [0, 0.05) is 12.6 Å². The number of carboxylic acid groups (broad SMARTS) is 1. The number of anilines is 2. The van der Waals surface area contributed by atoms with Gasteiger partial charge in [-0.05, 0) is 45.0 Å². The monoisotopic (exact) mass is 278 g/mol. The van der Waals surface area contributed by atoms with Gasteiger partial charge < -0.3 is 21.1 Å². The van der Waals surface area contributed by atoms with Crippen molar-refractivity contribution in [1.82, 2.24) is 9.88 Å². The Labute approximate surface area is 119 Å². The largest absolute Gasteiger partial charge is 0.477 e. The van der Waals surface area contributed by atoms with Crippen LogP contribution in [-0.4, -0.2) is 46.6 Å². The molecule has 1 aliphatic rings. The van der Waals surface area contributed by atoms with Crippen molar-refractivity contribution in [2.24, 2.45) is 0 Å². The van der Waals surface area contributed by atoms with Crippen LogP contribution >= 0.6 is 0 Å². The fraction of sp³-hybridized carbons (Fsp3) is 0.571. The molecule has 0 saturated carbocycles. The van der Waals surface area contributed by atoms with Gasteiger partial charge in [0.05, 0.1) is 5.69 Å². The average molecular weight is 278 g/mol. The number of aromatic carboxylic acids is 1. The lowest BCUT2D eigenvalue weighted by molar-refractivity contribution is 0.0690. The van der Waals surface area contributed by atoms with Crippen molar-refractivity contribution in [2.45, 2.75) is 32.2 Å². The van der Waals surface area contributed by atoms with Crippen LogP contribution < -0.4 is 11.1 Å². The van der Waals surface area contributed by atoms with Gasteiger partial charge in [-0.1, -0.05) is 6.42 Å². The number of pyridine rings is 1. The van der Waals surface area contributed by atoms with E-state index in [1.807, 2.05) is 0 Å². The van der Waals surface area contributed by atoms with Gasteiger partial charge >= 0.3 is 5.97 Å². The first kappa shape index (κ1) is 14.6. The molecule has 0 aromatic carbocycles. The Hall–Kier alpha value is -1.82. The SMILES string of the molecule is CC(CN1CCCCC1)Nc1nc(C(=O)O)ccc1N. The fourth-order valence-electron chi connectivity index (χ4n) is 2.51. The second-order valence-corrected chi connectivity index (χ2v) is 5.35. The molecule has 6 nitrogen and oxygen atoms in total. The minimum absolute atomic E-state index is 0.00636. The van der Waals surface area contributed by atoms with Crippen LogP contribution in [-0.2, 0) is 0 Å². The van der Waals surface area contributed by atoms with Gasteiger partial charge in [0.25, 0.3) is 0 Å². The van der Waals surface area contributed by atoms with Gasteiger partial charge in [-0.3, -0.25) is 0 Å². The van der Waals surface area contributed by atoms with E-state index in [1.165, 1.54) is 25.3 Å². The molecule has 1 fully saturated rings. The Morgan fingerprint density at radius 3 is 2.80 bits per heavy atom. The van der Waals surface area contributed by atoms with Gasteiger partial charge in [0.15, 0.2) is 5.69 Å². The third-order valence-corrected chi connectivity index (χ3v) is 3.51. The summed E-state index contributed by atoms with van der Waals surface area (Å²) in [5.74, 6) is -0.592. The zero-order chi connectivity index (χ0) is 14.5. The first-order valence-electron chi connectivity index (χ1n) is 7.05. The second-order valence-electron chi connectivity index (χ2n) is 5.35. The van der Waals surface area contributed by atoms with E-state index in [1.54, 1.807) is 6.07 Å². The zero-order valence-corrected chi connectivity index (χ0v) is 11.8. The highest BCUT2D eigenvalue weighted by atomic mass is 16.4. The molecule has 0 radical (unpaired) electrons. The van der Waals surface area contributed by atoms with E-state index in [0.29, 0.717) is 11.5 Å². The molecule has 0 aliphatic carbocycles. The molecule has 1 aromatic rings. The molecule has 1 saturated heterocycles. The predicted molar refractivity (Wildman–Crippen MR) is 79.0 cm³/mol. The van der Waals surface area contributed by atoms with Crippen molar-refractivity contribution < 1.29 is 9.90 Å². The van der Waals surface area contributed by atoms with E-state index < -0.39 is 5.97 Å². The highest BCUT2D eigenvalue weighted by molar-refractivity contribution is 5.86. The number of hydrogen-bond donors (Lipinski definition) is 3. The lowest BCUT2D eigenvalue weighted by Gasteiger charge is -2.29. The van der Waals surface area contributed by atoms with Gasteiger partial charge in [-0.15, -0.1) is 0 Å². The first-order chi connectivity index (χ1) is 9.56. The maximum atomic E-state index is 10.9. The summed E-state index contributed by atoms with van der Waals surface area (Å²) in [6, 6.07) is 3.16. The topological polar surface area (TPSA) is 91.5 Å². The number of aromatic nitrogens is 1. The molecule has 0 amide bonds. The lowest BCUT2D eigenvalue weighted by Crippen LogP contribution is -2.38. The van der Waals surface area contributed by atoms with Crippen LogP contribution in [0.2, 0.25) is 0 Å². The normalized spacial score (nSPS) is 17.6. The second kappa shape index (κ2) is 6.56. The number of nitrogens with two attached hydrogens (primary N) is 1. The fourth-order valence-corrected chi connectivity index (χ4v) is 2.51. The average Bonchev–Trinajstić information content (AvgIpc) is 2.42. The first-order valence-corrected chi connectivity index (χ1v) is 7.05. The van der Waals surface area contributed by atoms with Crippen molar-refractivity contribution >= 4 is 17.5 Å². The zero-order valence-electron chi connectivity index (χ0n) is 11.8. The smallest absolute Gasteiger partial charge is 0.354 e. The quantitative estimate of drug-likeness (QED) is 0.758. The maximum Gasteiger partial charge on any atom is 0.354 e. The maximum absolute atomic E-state index is 10.9. The van der Waals surface area contributed by atoms with Crippen molar-refractivity contribution in [3.8, 4) is 0 Å². The van der Waals surface area contributed by atoms with E-state index >= 15 is 0 Å². The number of piperidine rings is 1. The van der Waals surface area contributed by atoms with Crippen molar-refractivity contribution in [1.29, 1.82) is 0 Å². The highest BCUT2D eigenvalue weighted by Crippen LogP contribution is 2.17. The minimum atomic E-state index is -1.04. The Kier molecular flexibility index (Phi) is 4.79. The highest BCUT2D eigenvalue weighted by Gasteiger charge is 2.15. The Morgan fingerprint density at radius 1 is 1.45 bits per heavy atom. The van der Waals surface area contributed by atoms with Crippen molar-refractivity contribution in [3.05, 3.63) is 17.8 Å². The number of nitrogen functional groups attached to an aromatic ring is 1. The molecular formula is C14H22N4O2. The van der Waals surface area contributed by atoms with Crippen LogP contribution in [0.5, 0.6) is 0 Å². The summed E-state index contributed by atoms with van der Waals surface area (Å²) in [5, 5.41) is 12.2. The van der Waals surface area contributed by atoms with Crippen LogP contribution in [0.1, 0.15) is 36.7 Å². The molecule has 1 aliphatic heterocycles. The van der Waals surface area contributed by atoms with Crippen LogP contribution in [0.3, 0.4) is 0 Å². The molecule has 4 N–H and O–H groups in total. The third-order valence-electron chi connectivity index (χ3n) is 3.51. The molecule has 1 unspecified atom stereocenters. The third kappa shape index (κ3) is 3.84. The summed E-state index contributed by atoms with van der Waals surface area (Å²) in [4.78, 5) is 17.4. The minimum Gasteiger partial charge on any atom is -0.477 e. The van der Waals surface area contributed by atoms with Crippen LogP contribution in [0.25, 0.3) is 0 Å². The Bertz CT molecular complexity index is 472. The summed E-state index contributed by atoms with van der Waals surface area (Å²) in [5.41, 5.74) is 6.32. The van der Waals surface area contributed by atoms with E-state index in [0.717, 1.165) is 19.6 Å². The number of likely N-dealkylation sites (tertiary alicyclic amines) is 1. The molecule has 2 rings (SSSR count). The van der Waals surface area contributed by atoms with E-state index in [-0.39, 0.29) is 11.7 Å². The van der Waals surface area contributed by atoms with Gasteiger partial charge in [0.2, 0.25) is 0 Å². The molecule has 2 heterocycles. The van der Waals surface area contributed by atoms with Crippen LogP contribution in [0.4, 0.5) is 11.5 Å². The molecule has 0 bridgehead atoms.